The molecule has 1 heterocycles. The maximum Gasteiger partial charge on any atom is 0.326 e. The number of rotatable bonds is 46. The summed E-state index contributed by atoms with van der Waals surface area (Å²) in [5.41, 5.74) is 17.4. The van der Waals surface area contributed by atoms with Crippen molar-refractivity contribution in [3.05, 3.63) is 29.8 Å². The van der Waals surface area contributed by atoms with Crippen LogP contribution in [0.25, 0.3) is 0 Å². The van der Waals surface area contributed by atoms with Crippen LogP contribution in [0.3, 0.4) is 0 Å². The van der Waals surface area contributed by atoms with Crippen molar-refractivity contribution in [3.63, 3.8) is 0 Å². The number of nitrogens with one attached hydrogen (secondary N) is 12. The number of benzene rings is 1. The summed E-state index contributed by atoms with van der Waals surface area (Å²) in [6, 6.07) is -13.8. The first-order valence-electron chi connectivity index (χ1n) is 31.8. The van der Waals surface area contributed by atoms with Gasteiger partial charge >= 0.3 is 11.9 Å². The first kappa shape index (κ1) is 89.6. The highest BCUT2D eigenvalue weighted by atomic mass is 32.1. The van der Waals surface area contributed by atoms with E-state index in [9.17, 15) is 97.1 Å². The van der Waals surface area contributed by atoms with Crippen LogP contribution >= 0.6 is 75.8 Å². The van der Waals surface area contributed by atoms with E-state index in [4.69, 9.17) is 17.2 Å². The summed E-state index contributed by atoms with van der Waals surface area (Å²) in [5.74, 6) is -18.9. The van der Waals surface area contributed by atoms with Crippen LogP contribution in [0, 0.1) is 5.92 Å². The van der Waals surface area contributed by atoms with Gasteiger partial charge < -0.3 is 106 Å². The van der Waals surface area contributed by atoms with Crippen LogP contribution in [0.5, 0.6) is 5.75 Å². The van der Waals surface area contributed by atoms with Crippen molar-refractivity contribution in [2.45, 2.75) is 170 Å². The number of thiol groups is 6. The van der Waals surface area contributed by atoms with Gasteiger partial charge in [-0.25, -0.2) is 4.79 Å². The Morgan fingerprint density at radius 2 is 0.970 bits per heavy atom. The van der Waals surface area contributed by atoms with Gasteiger partial charge in [0.05, 0.1) is 25.1 Å². The summed E-state index contributed by atoms with van der Waals surface area (Å²) in [5, 5.41) is 67.9. The number of likely N-dealkylation sites (tertiary alicyclic amines) is 1. The molecule has 0 saturated carbocycles. The van der Waals surface area contributed by atoms with E-state index in [1.54, 1.807) is 13.8 Å². The van der Waals surface area contributed by atoms with Gasteiger partial charge in [0.15, 0.2) is 0 Å². The van der Waals surface area contributed by atoms with Gasteiger partial charge in [-0.05, 0) is 82.0 Å². The molecule has 101 heavy (non-hydrogen) atoms. The number of aliphatic carboxylic acids is 2. The molecule has 0 radical (unpaired) electrons. The third kappa shape index (κ3) is 31.3. The SMILES string of the molecule is CC(C)C[C@H](NC(=O)[C@H](CCC(=O)O)NC(=O)[C@H](CS)NC(=O)[C@@H](N)CS)C(=O)N[C@@H](CS)C(=O)N[C@@H](CS)C(=O)N[C@@H](CC(N)=O)C(=O)N1CCC[C@H]1C(=O)N[C@@H](CCCCN)C(=O)N[C@@H](CS)C(=O)N[C@H](C(=O)NCC(=O)N[C@@H](CS)C(=O)N[C@@H](Cc1ccc(O)cc1)C(=O)O)[C@@H](C)O. The summed E-state index contributed by atoms with van der Waals surface area (Å²) in [4.78, 5) is 214. The summed E-state index contributed by atoms with van der Waals surface area (Å²) in [6.45, 7) is 3.74. The molecule has 0 spiro atoms. The number of hydrogen-bond donors (Lipinski definition) is 25. The molecule has 14 atom stereocenters. The predicted molar refractivity (Wildman–Crippen MR) is 384 cm³/mol. The van der Waals surface area contributed by atoms with Crippen molar-refractivity contribution < 1.29 is 97.1 Å². The fourth-order valence-electron chi connectivity index (χ4n) is 9.66. The summed E-state index contributed by atoms with van der Waals surface area (Å²) < 4.78 is 0. The molecule has 22 N–H and O–H groups in total. The van der Waals surface area contributed by atoms with Crippen molar-refractivity contribution in [2.75, 3.05) is 54.2 Å². The number of carboxylic acids is 2. The van der Waals surface area contributed by atoms with Crippen LogP contribution in [0.1, 0.15) is 84.1 Å². The molecule has 42 heteroatoms. The Morgan fingerprint density at radius 3 is 1.43 bits per heavy atom. The lowest BCUT2D eigenvalue weighted by molar-refractivity contribution is -0.143. The molecule has 36 nitrogen and oxygen atoms in total. The Labute approximate surface area is 615 Å². The largest absolute Gasteiger partial charge is 0.508 e. The lowest BCUT2D eigenvalue weighted by Gasteiger charge is -2.30. The molecule has 0 bridgehead atoms. The van der Waals surface area contributed by atoms with Crippen molar-refractivity contribution in [3.8, 4) is 5.75 Å². The zero-order valence-electron chi connectivity index (χ0n) is 55.6. The molecule has 1 aromatic carbocycles. The standard InChI is InChI=1S/C59H94N16O20S6/c1-27(2)17-34(67-49(84)33(13-14-45(80)81)65-52(87)38(23-98)70-47(82)31(61)21-96)50(85)72-40(25-100)54(89)73-39(24-99)53(88)68-35(19-43(62)78)58(93)75-16-6-8-42(75)56(91)66-32(7-4-5-15-60)48(83)71-41(26-101)55(90)74-46(28(3)76)57(92)63-20-44(79)64-37(22-97)51(86)69-36(59(94)95)18-29-9-11-30(77)12-10-29/h9-12,27-28,31-42,46,76-77,96-101H,4-8,13-26,60-61H2,1-3H3,(H2,62,78)(H,63,92)(H,64,79)(H,65,87)(H,66,91)(H,67,84)(H,68,88)(H,69,86)(H,70,82)(H,71,83)(H,72,85)(H,73,89)(H,74,90)(H,80,81)(H,94,95)/t28-,31+,32+,33+,34+,35+,36+,37+,38+,39+,40+,41+,42+,46+/m1/s1. The minimum atomic E-state index is -1.77. The minimum absolute atomic E-state index is 0.0000303. The van der Waals surface area contributed by atoms with E-state index >= 15 is 0 Å². The lowest BCUT2D eigenvalue weighted by Crippen LogP contribution is -2.61. The van der Waals surface area contributed by atoms with Crippen molar-refractivity contribution in [2.24, 2.45) is 23.1 Å². The minimum Gasteiger partial charge on any atom is -0.508 e. The molecule has 14 amide bonds. The molecule has 1 aliphatic rings. The van der Waals surface area contributed by atoms with Crippen LogP contribution in [-0.4, -0.2) is 259 Å². The molecule has 1 aliphatic heterocycles. The van der Waals surface area contributed by atoms with Crippen molar-refractivity contribution in [1.82, 2.24) is 68.7 Å². The molecular formula is C59H94N16O20S6. The molecule has 0 unspecified atom stereocenters. The summed E-state index contributed by atoms with van der Waals surface area (Å²) in [7, 11) is 0. The highest BCUT2D eigenvalue weighted by molar-refractivity contribution is 7.81. The number of carbonyl (C=O) groups excluding carboxylic acids is 14. The zero-order chi connectivity index (χ0) is 76.4. The van der Waals surface area contributed by atoms with Crippen LogP contribution in [-0.2, 0) is 83.1 Å². The van der Waals surface area contributed by atoms with Gasteiger partial charge in [0.25, 0.3) is 0 Å². The van der Waals surface area contributed by atoms with Gasteiger partial charge in [-0.1, -0.05) is 26.0 Å². The fraction of sp³-hybridized carbons (Fsp3) is 0.627. The van der Waals surface area contributed by atoms with Crippen LogP contribution in [0.4, 0.5) is 0 Å². The average molecular weight is 1540 g/mol. The van der Waals surface area contributed by atoms with Crippen molar-refractivity contribution in [1.29, 1.82) is 0 Å². The first-order chi connectivity index (χ1) is 47.6. The smallest absolute Gasteiger partial charge is 0.326 e. The number of hydrogen-bond acceptors (Lipinski definition) is 26. The second-order valence-electron chi connectivity index (χ2n) is 23.7. The number of aromatic hydroxyl groups is 1. The number of carbonyl (C=O) groups is 16. The second-order valence-corrected chi connectivity index (χ2v) is 25.9. The molecule has 0 aromatic heterocycles. The number of carboxylic acid groups (broad SMARTS) is 2. The van der Waals surface area contributed by atoms with Gasteiger partial charge in [-0.3, -0.25) is 71.9 Å². The predicted octanol–water partition coefficient (Wildman–Crippen LogP) is -7.34. The number of nitrogens with two attached hydrogens (primary N) is 3. The van der Waals surface area contributed by atoms with E-state index in [0.29, 0.717) is 12.0 Å². The van der Waals surface area contributed by atoms with Crippen molar-refractivity contribution >= 4 is 170 Å². The molecule has 0 aliphatic carbocycles. The Kier molecular flexibility index (Phi) is 41.0. The molecule has 566 valence electrons. The number of amides is 14. The number of primary amides is 1. The van der Waals surface area contributed by atoms with E-state index < -0.39 is 222 Å². The number of nitrogens with zero attached hydrogens (tertiary/aromatic N) is 1. The zero-order valence-corrected chi connectivity index (χ0v) is 61.0. The molecule has 1 saturated heterocycles. The summed E-state index contributed by atoms with van der Waals surface area (Å²) in [6.07, 6.45) is -3.10. The van der Waals surface area contributed by atoms with Crippen LogP contribution in [0.15, 0.2) is 24.3 Å². The third-order valence-corrected chi connectivity index (χ3v) is 17.4. The fourth-order valence-corrected chi connectivity index (χ4v) is 11.1. The number of phenolic OH excluding ortho intramolecular Hbond substituents is 1. The Hall–Kier alpha value is -7.48. The lowest BCUT2D eigenvalue weighted by atomic mass is 10.0. The monoisotopic (exact) mass is 1540 g/mol. The highest BCUT2D eigenvalue weighted by Gasteiger charge is 2.42. The Balaban J connectivity index is 2.23. The normalized spacial score (nSPS) is 16.5. The number of phenols is 1. The number of unbranched alkanes of at least 4 members (excludes halogenated alkanes) is 1. The highest BCUT2D eigenvalue weighted by Crippen LogP contribution is 2.21. The topological polar surface area (TPSA) is 580 Å². The van der Waals surface area contributed by atoms with E-state index in [1.807, 2.05) is 0 Å². The van der Waals surface area contributed by atoms with Gasteiger partial charge in [0.2, 0.25) is 82.7 Å². The molecule has 1 aromatic rings. The van der Waals surface area contributed by atoms with Gasteiger partial charge in [0.1, 0.15) is 78.3 Å². The maximum atomic E-state index is 14.4. The molecule has 2 rings (SSSR count). The first-order valence-corrected chi connectivity index (χ1v) is 35.6. The van der Waals surface area contributed by atoms with E-state index in [2.05, 4.69) is 140 Å². The molecule has 1 fully saturated rings. The number of aliphatic hydroxyl groups is 1. The van der Waals surface area contributed by atoms with E-state index in [1.165, 1.54) is 24.3 Å². The summed E-state index contributed by atoms with van der Waals surface area (Å²) >= 11 is 24.7. The van der Waals surface area contributed by atoms with Gasteiger partial charge in [-0.2, -0.15) is 75.8 Å². The average Bonchev–Trinajstić information content (AvgIpc) is 1.74. The number of aliphatic hydroxyl groups excluding tert-OH is 1. The maximum absolute atomic E-state index is 14.4. The van der Waals surface area contributed by atoms with Gasteiger partial charge in [-0.15, -0.1) is 0 Å². The Bertz CT molecular complexity index is 3060. The quantitative estimate of drug-likeness (QED) is 0.0213. The molecular weight excluding hydrogens is 1450 g/mol. The van der Waals surface area contributed by atoms with E-state index in [-0.39, 0.29) is 80.5 Å². The Morgan fingerprint density at radius 1 is 0.535 bits per heavy atom. The van der Waals surface area contributed by atoms with Crippen LogP contribution in [0.2, 0.25) is 0 Å². The van der Waals surface area contributed by atoms with Crippen LogP contribution < -0.4 is 81.0 Å². The third-order valence-electron chi connectivity index (χ3n) is 15.2. The van der Waals surface area contributed by atoms with E-state index in [0.717, 1.165) is 11.8 Å². The van der Waals surface area contributed by atoms with Gasteiger partial charge in [0, 0.05) is 53.9 Å². The second kappa shape index (κ2) is 46.2.